The summed E-state index contributed by atoms with van der Waals surface area (Å²) >= 11 is 0. The van der Waals surface area contributed by atoms with Crippen molar-refractivity contribution in [1.82, 2.24) is 30.0 Å². The van der Waals surface area contributed by atoms with Crippen molar-refractivity contribution in [2.45, 2.75) is 44.9 Å². The molecule has 0 spiro atoms. The number of ether oxygens (including phenoxy) is 1. The van der Waals surface area contributed by atoms with Gasteiger partial charge < -0.3 is 25.4 Å². The summed E-state index contributed by atoms with van der Waals surface area (Å²) in [4.78, 5) is 31.6. The van der Waals surface area contributed by atoms with Crippen molar-refractivity contribution in [3.8, 4) is 5.75 Å². The summed E-state index contributed by atoms with van der Waals surface area (Å²) in [6.45, 7) is 4.25. The SMILES string of the molecule is COc1cc2c(cc1Nc1ncc3cnn(C4CC(CNC(C)=O)C4)c3n1)CN(C)CC2.O=C(O)C(F)(F)F. The fourth-order valence-electron chi connectivity index (χ4n) is 4.63. The van der Waals surface area contributed by atoms with Gasteiger partial charge in [-0.25, -0.2) is 14.5 Å². The number of alkyl halides is 3. The Kier molecular flexibility index (Phi) is 8.23. The minimum Gasteiger partial charge on any atom is -0.495 e. The lowest BCUT2D eigenvalue weighted by molar-refractivity contribution is -0.192. The molecule has 1 saturated carbocycles. The highest BCUT2D eigenvalue weighted by atomic mass is 19.4. The van der Waals surface area contributed by atoms with Crippen LogP contribution in [0.3, 0.4) is 0 Å². The molecule has 1 aromatic carbocycles. The number of rotatable bonds is 6. The summed E-state index contributed by atoms with van der Waals surface area (Å²) in [6.07, 6.45) is 1.52. The Morgan fingerprint density at radius 3 is 2.56 bits per heavy atom. The van der Waals surface area contributed by atoms with Gasteiger partial charge in [0.2, 0.25) is 11.9 Å². The zero-order valence-corrected chi connectivity index (χ0v) is 21.7. The molecule has 3 aromatic rings. The molecule has 39 heavy (non-hydrogen) atoms. The van der Waals surface area contributed by atoms with Gasteiger partial charge in [-0.2, -0.15) is 23.3 Å². The molecule has 0 radical (unpaired) electrons. The van der Waals surface area contributed by atoms with E-state index in [2.05, 4.69) is 44.8 Å². The predicted octanol–water partition coefficient (Wildman–Crippen LogP) is 3.29. The number of carbonyl (C=O) groups is 2. The van der Waals surface area contributed by atoms with Crippen molar-refractivity contribution in [1.29, 1.82) is 0 Å². The van der Waals surface area contributed by atoms with Crippen molar-refractivity contribution < 1.29 is 32.6 Å². The molecule has 3 N–H and O–H groups in total. The van der Waals surface area contributed by atoms with E-state index in [0.717, 1.165) is 61.4 Å². The number of methoxy groups -OCH3 is 1. The van der Waals surface area contributed by atoms with Gasteiger partial charge in [0.15, 0.2) is 5.65 Å². The van der Waals surface area contributed by atoms with Crippen LogP contribution in [0.5, 0.6) is 5.75 Å². The van der Waals surface area contributed by atoms with Gasteiger partial charge in [0.05, 0.1) is 30.4 Å². The number of aromatic nitrogens is 4. The molecule has 2 aliphatic rings. The quantitative estimate of drug-likeness (QED) is 0.423. The molecular formula is C25H30F3N7O4. The van der Waals surface area contributed by atoms with Crippen molar-refractivity contribution >= 4 is 34.5 Å². The van der Waals surface area contributed by atoms with Gasteiger partial charge in [0.1, 0.15) is 5.75 Å². The average molecular weight is 550 g/mol. The Morgan fingerprint density at radius 2 is 1.92 bits per heavy atom. The van der Waals surface area contributed by atoms with Crippen LogP contribution in [-0.2, 0) is 22.6 Å². The zero-order chi connectivity index (χ0) is 28.3. The average Bonchev–Trinajstić information content (AvgIpc) is 3.25. The minimum atomic E-state index is -5.08. The van der Waals surface area contributed by atoms with Gasteiger partial charge in [-0.15, -0.1) is 0 Å². The topological polar surface area (TPSA) is 134 Å². The summed E-state index contributed by atoms with van der Waals surface area (Å²) in [5.41, 5.74) is 4.32. The number of benzene rings is 1. The van der Waals surface area contributed by atoms with Crippen LogP contribution in [0.1, 0.15) is 36.9 Å². The third-order valence-corrected chi connectivity index (χ3v) is 6.74. The van der Waals surface area contributed by atoms with E-state index in [-0.39, 0.29) is 5.91 Å². The molecule has 1 aliphatic carbocycles. The van der Waals surface area contributed by atoms with E-state index in [0.29, 0.717) is 17.9 Å². The van der Waals surface area contributed by atoms with Crippen LogP contribution >= 0.6 is 0 Å². The first-order valence-corrected chi connectivity index (χ1v) is 12.3. The van der Waals surface area contributed by atoms with Gasteiger partial charge >= 0.3 is 12.1 Å². The number of nitrogens with one attached hydrogen (secondary N) is 2. The number of carbonyl (C=O) groups excluding carboxylic acids is 1. The van der Waals surface area contributed by atoms with E-state index in [1.54, 1.807) is 20.2 Å². The molecule has 1 fully saturated rings. The van der Waals surface area contributed by atoms with Crippen molar-refractivity contribution in [3.05, 3.63) is 35.7 Å². The molecule has 0 atom stereocenters. The Morgan fingerprint density at radius 1 is 1.21 bits per heavy atom. The molecule has 3 heterocycles. The number of likely N-dealkylation sites (N-methyl/N-ethyl adjacent to an activating group) is 1. The highest BCUT2D eigenvalue weighted by Crippen LogP contribution is 2.38. The van der Waals surface area contributed by atoms with Crippen LogP contribution in [0.15, 0.2) is 24.5 Å². The number of carboxylic acid groups (broad SMARTS) is 1. The molecule has 5 rings (SSSR count). The first-order valence-electron chi connectivity index (χ1n) is 12.3. The van der Waals surface area contributed by atoms with E-state index in [9.17, 15) is 18.0 Å². The molecule has 2 aromatic heterocycles. The lowest BCUT2D eigenvalue weighted by atomic mass is 9.80. The molecule has 0 saturated heterocycles. The van der Waals surface area contributed by atoms with Crippen LogP contribution in [0.25, 0.3) is 11.0 Å². The van der Waals surface area contributed by atoms with Crippen LogP contribution < -0.4 is 15.4 Å². The second-order valence-electron chi connectivity index (χ2n) is 9.73. The van der Waals surface area contributed by atoms with Crippen LogP contribution in [0.4, 0.5) is 24.8 Å². The van der Waals surface area contributed by atoms with Crippen molar-refractivity contribution in [2.75, 3.05) is 32.6 Å². The maximum Gasteiger partial charge on any atom is 0.490 e. The van der Waals surface area contributed by atoms with Crippen LogP contribution in [-0.4, -0.2) is 75.1 Å². The normalized spacial score (nSPS) is 18.8. The first kappa shape index (κ1) is 28.1. The molecule has 11 nitrogen and oxygen atoms in total. The Hall–Kier alpha value is -3.94. The monoisotopic (exact) mass is 549 g/mol. The summed E-state index contributed by atoms with van der Waals surface area (Å²) in [6, 6.07) is 4.56. The van der Waals surface area contributed by atoms with Gasteiger partial charge in [-0.1, -0.05) is 0 Å². The number of aliphatic carboxylic acids is 1. The second-order valence-corrected chi connectivity index (χ2v) is 9.73. The summed E-state index contributed by atoms with van der Waals surface area (Å²) < 4.78 is 39.4. The summed E-state index contributed by atoms with van der Waals surface area (Å²) in [5.74, 6) is -0.931. The molecule has 1 aliphatic heterocycles. The highest BCUT2D eigenvalue weighted by Gasteiger charge is 2.38. The number of amides is 1. The van der Waals surface area contributed by atoms with Gasteiger partial charge in [0, 0.05) is 32.8 Å². The Labute approximate surface area is 222 Å². The summed E-state index contributed by atoms with van der Waals surface area (Å²) in [5, 5.41) is 18.9. The largest absolute Gasteiger partial charge is 0.495 e. The van der Waals surface area contributed by atoms with Crippen LogP contribution in [0, 0.1) is 5.92 Å². The standard InChI is InChI=1S/C23H29N7O2.C2HF3O2/c1-14(31)24-10-15-6-19(7-15)30-22-18(12-26-30)11-25-23(28-22)27-20-8-17-13-29(2)5-4-16(17)9-21(20)32-3;3-2(4,5)1(6)7/h8-9,11-12,15,19H,4-7,10,13H2,1-3H3,(H,24,31)(H,25,27,28);(H,6,7). The van der Waals surface area contributed by atoms with E-state index in [4.69, 9.17) is 19.6 Å². The fraction of sp³-hybridized carbons (Fsp3) is 0.480. The molecule has 0 unspecified atom stereocenters. The summed E-state index contributed by atoms with van der Waals surface area (Å²) in [7, 11) is 3.83. The minimum absolute atomic E-state index is 0.0192. The molecule has 1 amide bonds. The van der Waals surface area contributed by atoms with Gasteiger partial charge in [-0.3, -0.25) is 4.79 Å². The predicted molar refractivity (Wildman–Crippen MR) is 136 cm³/mol. The molecule has 210 valence electrons. The fourth-order valence-corrected chi connectivity index (χ4v) is 4.63. The third kappa shape index (κ3) is 6.74. The smallest absolute Gasteiger partial charge is 0.490 e. The number of fused-ring (bicyclic) bond motifs is 2. The van der Waals surface area contributed by atoms with E-state index in [1.165, 1.54) is 11.1 Å². The first-order chi connectivity index (χ1) is 18.4. The Balaban J connectivity index is 0.000000448. The number of nitrogens with zero attached hydrogens (tertiary/aromatic N) is 5. The maximum absolute atomic E-state index is 11.1. The van der Waals surface area contributed by atoms with E-state index < -0.39 is 12.1 Å². The molecular weight excluding hydrogens is 519 g/mol. The second kappa shape index (κ2) is 11.4. The highest BCUT2D eigenvalue weighted by molar-refractivity contribution is 5.76. The molecule has 14 heteroatoms. The van der Waals surface area contributed by atoms with Gasteiger partial charge in [-0.05, 0) is 55.5 Å². The number of halogens is 3. The number of anilines is 2. The van der Waals surface area contributed by atoms with E-state index in [1.807, 2.05) is 10.9 Å². The zero-order valence-electron chi connectivity index (χ0n) is 21.7. The number of hydrogen-bond donors (Lipinski definition) is 3. The maximum atomic E-state index is 11.1. The van der Waals surface area contributed by atoms with Crippen molar-refractivity contribution in [3.63, 3.8) is 0 Å². The third-order valence-electron chi connectivity index (χ3n) is 6.74. The Bertz CT molecular complexity index is 1360. The lowest BCUT2D eigenvalue weighted by Crippen LogP contribution is -2.36. The lowest BCUT2D eigenvalue weighted by Gasteiger charge is -2.35. The number of hydrogen-bond acceptors (Lipinski definition) is 8. The number of carboxylic acids is 1. The molecule has 0 bridgehead atoms. The van der Waals surface area contributed by atoms with Crippen LogP contribution in [0.2, 0.25) is 0 Å². The van der Waals surface area contributed by atoms with E-state index >= 15 is 0 Å². The van der Waals surface area contributed by atoms with Gasteiger partial charge in [0.25, 0.3) is 0 Å². The van der Waals surface area contributed by atoms with Crippen molar-refractivity contribution in [2.24, 2.45) is 5.92 Å².